The molecule has 7 N–H and O–H groups in total. The van der Waals surface area contributed by atoms with Crippen molar-refractivity contribution in [3.63, 3.8) is 0 Å². The molecule has 0 radical (unpaired) electrons. The van der Waals surface area contributed by atoms with Crippen LogP contribution < -0.4 is 22.5 Å². The molecule has 0 amide bonds. The fourth-order valence-electron chi connectivity index (χ4n) is 3.60. The van der Waals surface area contributed by atoms with E-state index in [-0.39, 0.29) is 17.6 Å². The Morgan fingerprint density at radius 2 is 2.00 bits per heavy atom. The smallest absolute Gasteiger partial charge is 0.155 e. The lowest BCUT2D eigenvalue weighted by Gasteiger charge is -2.45. The third-order valence-corrected chi connectivity index (χ3v) is 5.18. The second kappa shape index (κ2) is 11.9. The molecule has 1 aliphatic carbocycles. The molecular formula is C20H40N6O. The minimum atomic E-state index is -0.218. The summed E-state index contributed by atoms with van der Waals surface area (Å²) in [4.78, 5) is 6.61. The summed E-state index contributed by atoms with van der Waals surface area (Å²) >= 11 is 0. The maximum absolute atomic E-state index is 6.04. The highest BCUT2D eigenvalue weighted by molar-refractivity contribution is 5.54. The first kappa shape index (κ1) is 23.3. The number of nitrogens with zero attached hydrogens (tertiary/aromatic N) is 2. The van der Waals surface area contributed by atoms with Gasteiger partial charge in [0.15, 0.2) is 5.82 Å². The summed E-state index contributed by atoms with van der Waals surface area (Å²) in [5.74, 6) is 1.29. The fraction of sp³-hybridized carbons (Fsp3) is 0.750. The van der Waals surface area contributed by atoms with E-state index in [1.165, 1.54) is 32.0 Å². The van der Waals surface area contributed by atoms with Crippen molar-refractivity contribution in [1.82, 2.24) is 10.2 Å². The molecule has 0 aromatic rings. The molecule has 0 unspecified atom stereocenters. The molecule has 0 bridgehead atoms. The van der Waals surface area contributed by atoms with Crippen molar-refractivity contribution in [2.75, 3.05) is 13.2 Å². The van der Waals surface area contributed by atoms with E-state index in [2.05, 4.69) is 42.6 Å². The zero-order valence-electron chi connectivity index (χ0n) is 17.6. The molecule has 0 aliphatic heterocycles. The molecule has 7 heteroatoms. The Labute approximate surface area is 165 Å². The van der Waals surface area contributed by atoms with Crippen molar-refractivity contribution >= 4 is 6.34 Å². The zero-order chi connectivity index (χ0) is 20.4. The number of ether oxygens (including phenoxy) is 1. The first-order chi connectivity index (χ1) is 12.8. The number of rotatable bonds is 13. The number of hydrogen-bond acceptors (Lipinski definition) is 6. The largest absolute Gasteiger partial charge is 0.397 e. The van der Waals surface area contributed by atoms with Gasteiger partial charge < -0.3 is 27.3 Å². The Kier molecular flexibility index (Phi) is 10.3. The van der Waals surface area contributed by atoms with Crippen molar-refractivity contribution < 1.29 is 4.74 Å². The number of aliphatic imine (C=N–C) groups is 1. The second-order valence-electron chi connectivity index (χ2n) is 7.59. The Bertz CT molecular complexity index is 511. The molecule has 156 valence electrons. The molecule has 27 heavy (non-hydrogen) atoms. The summed E-state index contributed by atoms with van der Waals surface area (Å²) in [6.07, 6.45) is 6.98. The number of nitrogens with one attached hydrogen (secondary N) is 1. The van der Waals surface area contributed by atoms with Gasteiger partial charge in [-0.15, -0.1) is 0 Å². The maximum Gasteiger partial charge on any atom is 0.155 e. The molecule has 1 fully saturated rings. The molecule has 0 saturated heterocycles. The van der Waals surface area contributed by atoms with E-state index >= 15 is 0 Å². The Balaban J connectivity index is 2.55. The van der Waals surface area contributed by atoms with E-state index in [0.717, 1.165) is 18.9 Å². The van der Waals surface area contributed by atoms with Gasteiger partial charge in [0.05, 0.1) is 24.3 Å². The molecule has 0 aromatic heterocycles. The van der Waals surface area contributed by atoms with E-state index in [4.69, 9.17) is 21.9 Å². The van der Waals surface area contributed by atoms with Gasteiger partial charge in [-0.1, -0.05) is 33.3 Å². The van der Waals surface area contributed by atoms with Crippen LogP contribution in [0.5, 0.6) is 0 Å². The standard InChI is InChI=1S/C20H40N6O/c1-6-8-16-11-17(12-16)26(14(3)4)9-10-27-18(7-2)25-20(24-13-21)19(23)15(5)22/h13-14,16-18,25H,5-12,22-23H2,1-4H3,(H2,21,24)/b20-19-/t16?,17?,18-/m1/s1. The molecule has 0 aromatic carbocycles. The average Bonchev–Trinajstić information content (AvgIpc) is 2.59. The van der Waals surface area contributed by atoms with Gasteiger partial charge in [0.25, 0.3) is 0 Å². The van der Waals surface area contributed by atoms with E-state index < -0.39 is 0 Å². The summed E-state index contributed by atoms with van der Waals surface area (Å²) < 4.78 is 6.04. The van der Waals surface area contributed by atoms with Crippen LogP contribution in [-0.4, -0.2) is 42.7 Å². The van der Waals surface area contributed by atoms with Crippen LogP contribution in [0.15, 0.2) is 28.8 Å². The van der Waals surface area contributed by atoms with E-state index in [0.29, 0.717) is 24.5 Å². The minimum absolute atomic E-state index is 0.218. The molecule has 1 saturated carbocycles. The molecule has 1 atom stereocenters. The van der Waals surface area contributed by atoms with Gasteiger partial charge in [-0.2, -0.15) is 0 Å². The molecule has 1 rings (SSSR count). The van der Waals surface area contributed by atoms with E-state index in [9.17, 15) is 0 Å². The Morgan fingerprint density at radius 1 is 1.33 bits per heavy atom. The normalized spacial score (nSPS) is 22.0. The van der Waals surface area contributed by atoms with Crippen LogP contribution in [0, 0.1) is 5.92 Å². The van der Waals surface area contributed by atoms with Gasteiger partial charge in [-0.3, -0.25) is 4.90 Å². The van der Waals surface area contributed by atoms with Crippen molar-refractivity contribution in [2.24, 2.45) is 28.1 Å². The predicted molar refractivity (Wildman–Crippen MR) is 114 cm³/mol. The minimum Gasteiger partial charge on any atom is -0.397 e. The molecule has 7 nitrogen and oxygen atoms in total. The molecule has 0 spiro atoms. The lowest BCUT2D eigenvalue weighted by molar-refractivity contribution is -0.0129. The van der Waals surface area contributed by atoms with Crippen LogP contribution in [0.4, 0.5) is 0 Å². The third kappa shape index (κ3) is 7.42. The molecule has 0 heterocycles. The summed E-state index contributed by atoms with van der Waals surface area (Å²) in [6.45, 7) is 14.0. The fourth-order valence-corrected chi connectivity index (χ4v) is 3.60. The zero-order valence-corrected chi connectivity index (χ0v) is 17.6. The maximum atomic E-state index is 6.04. The summed E-state index contributed by atoms with van der Waals surface area (Å²) in [6, 6.07) is 1.20. The average molecular weight is 381 g/mol. The lowest BCUT2D eigenvalue weighted by Crippen LogP contribution is -2.49. The Morgan fingerprint density at radius 3 is 2.48 bits per heavy atom. The summed E-state index contributed by atoms with van der Waals surface area (Å²) in [7, 11) is 0. The van der Waals surface area contributed by atoms with Gasteiger partial charge in [0.1, 0.15) is 6.23 Å². The quantitative estimate of drug-likeness (QED) is 0.168. The van der Waals surface area contributed by atoms with Gasteiger partial charge in [-0.05, 0) is 39.0 Å². The monoisotopic (exact) mass is 380 g/mol. The van der Waals surface area contributed by atoms with Crippen molar-refractivity contribution in [3.05, 3.63) is 23.8 Å². The number of nitrogens with two attached hydrogens (primary N) is 3. The van der Waals surface area contributed by atoms with Crippen molar-refractivity contribution in [2.45, 2.75) is 78.1 Å². The van der Waals surface area contributed by atoms with E-state index in [1.54, 1.807) is 0 Å². The van der Waals surface area contributed by atoms with Crippen LogP contribution in [0.25, 0.3) is 0 Å². The molecule has 1 aliphatic rings. The van der Waals surface area contributed by atoms with E-state index in [1.807, 2.05) is 6.92 Å². The summed E-state index contributed by atoms with van der Waals surface area (Å²) in [5.41, 5.74) is 17.5. The Hall–Kier alpha value is -1.73. The predicted octanol–water partition coefficient (Wildman–Crippen LogP) is 2.21. The van der Waals surface area contributed by atoms with Crippen molar-refractivity contribution in [3.8, 4) is 0 Å². The van der Waals surface area contributed by atoms with Crippen LogP contribution in [0.1, 0.15) is 59.8 Å². The van der Waals surface area contributed by atoms with Gasteiger partial charge in [0, 0.05) is 18.6 Å². The van der Waals surface area contributed by atoms with Gasteiger partial charge in [-0.25, -0.2) is 4.99 Å². The highest BCUT2D eigenvalue weighted by atomic mass is 16.5. The molecular weight excluding hydrogens is 340 g/mol. The second-order valence-corrected chi connectivity index (χ2v) is 7.59. The number of hydrogen-bond donors (Lipinski definition) is 4. The van der Waals surface area contributed by atoms with Gasteiger partial charge >= 0.3 is 0 Å². The topological polar surface area (TPSA) is 115 Å². The summed E-state index contributed by atoms with van der Waals surface area (Å²) in [5, 5.41) is 3.16. The van der Waals surface area contributed by atoms with Crippen LogP contribution in [-0.2, 0) is 4.74 Å². The van der Waals surface area contributed by atoms with Crippen LogP contribution in [0.2, 0.25) is 0 Å². The van der Waals surface area contributed by atoms with Gasteiger partial charge in [0.2, 0.25) is 0 Å². The first-order valence-electron chi connectivity index (χ1n) is 10.2. The first-order valence-corrected chi connectivity index (χ1v) is 10.2. The van der Waals surface area contributed by atoms with Crippen LogP contribution in [0.3, 0.4) is 0 Å². The highest BCUT2D eigenvalue weighted by Crippen LogP contribution is 2.35. The SMILES string of the molecule is C=C(N)/C(N)=C(\N=CN)N[C@@H](CC)OCCN(C(C)C)C1CC(CCC)C1. The lowest BCUT2D eigenvalue weighted by atomic mass is 9.76. The third-order valence-electron chi connectivity index (χ3n) is 5.18. The van der Waals surface area contributed by atoms with Crippen LogP contribution >= 0.6 is 0 Å². The highest BCUT2D eigenvalue weighted by Gasteiger charge is 2.33. The van der Waals surface area contributed by atoms with Crippen molar-refractivity contribution in [1.29, 1.82) is 0 Å².